The van der Waals surface area contributed by atoms with Gasteiger partial charge >= 0.3 is 12.1 Å². The minimum absolute atomic E-state index is 0.00410. The third-order valence-electron chi connectivity index (χ3n) is 7.07. The number of nitrogens with one attached hydrogen (secondary N) is 4. The Morgan fingerprint density at radius 1 is 0.756 bits per heavy atom. The van der Waals surface area contributed by atoms with Crippen LogP contribution in [0.25, 0.3) is 0 Å². The Kier molecular flexibility index (Phi) is 24.0. The predicted molar refractivity (Wildman–Crippen MR) is 170 cm³/mol. The quantitative estimate of drug-likeness (QED) is 0.0747. The van der Waals surface area contributed by atoms with Crippen molar-refractivity contribution in [3.8, 4) is 0 Å². The number of sulfonamides is 1. The second-order valence-corrected chi connectivity index (χ2v) is 14.2. The van der Waals surface area contributed by atoms with Gasteiger partial charge in [-0.25, -0.2) is 22.7 Å². The van der Waals surface area contributed by atoms with Crippen LogP contribution in [0.3, 0.4) is 0 Å². The van der Waals surface area contributed by atoms with Gasteiger partial charge in [-0.2, -0.15) is 0 Å². The van der Waals surface area contributed by atoms with Crippen molar-refractivity contribution in [2.45, 2.75) is 122 Å². The average molecular weight is 607 g/mol. The molecule has 244 valence electrons. The zero-order chi connectivity index (χ0) is 30.8. The molecule has 1 unspecified atom stereocenters. The van der Waals surface area contributed by atoms with Crippen molar-refractivity contribution < 1.29 is 27.2 Å². The number of carbonyl (C=O) groups excluding carboxylic acids is 2. The van der Waals surface area contributed by atoms with Gasteiger partial charge < -0.3 is 25.2 Å². The number of carbonyl (C=O) groups is 2. The Balaban J connectivity index is 3.90. The maximum absolute atomic E-state index is 12.3. The van der Waals surface area contributed by atoms with Crippen LogP contribution in [0.15, 0.2) is 0 Å². The zero-order valence-electron chi connectivity index (χ0n) is 27.0. The van der Waals surface area contributed by atoms with Crippen molar-refractivity contribution >= 4 is 22.1 Å². The van der Waals surface area contributed by atoms with E-state index < -0.39 is 28.2 Å². The van der Waals surface area contributed by atoms with E-state index in [2.05, 4.69) is 27.6 Å². The summed E-state index contributed by atoms with van der Waals surface area (Å²) in [6, 6.07) is -1.17. The third kappa shape index (κ3) is 28.3. The van der Waals surface area contributed by atoms with Gasteiger partial charge in [-0.15, -0.1) is 0 Å². The summed E-state index contributed by atoms with van der Waals surface area (Å²) in [5.41, 5.74) is 0. The fraction of sp³-hybridized carbons (Fsp3) is 0.933. The maximum atomic E-state index is 12.3. The molecule has 0 rings (SSSR count). The standard InChI is InChI=1S/C30H63N5O5S/c1-6-7-8-9-10-11-12-13-14-15-16-17-18-19-20-21-23-32-30(37)40-27-28(34-29(36)31-2)26-33-41(38,39)25-22-24-35(3,4)5/h28,33H,6-27H2,1-5H3,(H2-,31,32,34,36,37)/p+1. The Labute approximate surface area is 252 Å². The summed E-state index contributed by atoms with van der Waals surface area (Å²) in [7, 11) is 3.98. The summed E-state index contributed by atoms with van der Waals surface area (Å²) in [6.07, 6.45) is 20.7. The average Bonchev–Trinajstić information content (AvgIpc) is 2.90. The van der Waals surface area contributed by atoms with Gasteiger partial charge in [0.1, 0.15) is 6.61 Å². The lowest BCUT2D eigenvalue weighted by Gasteiger charge is -2.24. The molecule has 10 nitrogen and oxygen atoms in total. The monoisotopic (exact) mass is 606 g/mol. The van der Waals surface area contributed by atoms with Crippen LogP contribution < -0.4 is 20.7 Å². The molecule has 1 atom stereocenters. The van der Waals surface area contributed by atoms with Crippen molar-refractivity contribution in [2.75, 3.05) is 60.2 Å². The number of hydrogen-bond acceptors (Lipinski definition) is 5. The predicted octanol–water partition coefficient (Wildman–Crippen LogP) is 5.29. The first kappa shape index (κ1) is 39.4. The molecule has 4 N–H and O–H groups in total. The van der Waals surface area contributed by atoms with E-state index in [1.54, 1.807) is 0 Å². The molecule has 0 aliphatic rings. The number of hydrogen-bond donors (Lipinski definition) is 4. The van der Waals surface area contributed by atoms with Crippen LogP contribution >= 0.6 is 0 Å². The number of quaternary nitrogens is 1. The molecule has 0 radical (unpaired) electrons. The fourth-order valence-electron chi connectivity index (χ4n) is 4.53. The molecule has 0 aromatic rings. The fourth-order valence-corrected chi connectivity index (χ4v) is 5.64. The van der Waals surface area contributed by atoms with Gasteiger partial charge in [0.2, 0.25) is 10.0 Å². The first-order chi connectivity index (χ1) is 19.5. The lowest BCUT2D eigenvalue weighted by atomic mass is 10.0. The summed E-state index contributed by atoms with van der Waals surface area (Å²) >= 11 is 0. The minimum Gasteiger partial charge on any atom is -0.447 e. The Hall–Kier alpha value is -1.59. The lowest BCUT2D eigenvalue weighted by Crippen LogP contribution is -2.50. The summed E-state index contributed by atoms with van der Waals surface area (Å²) < 4.78 is 33.1. The minimum atomic E-state index is -3.51. The van der Waals surface area contributed by atoms with E-state index in [1.165, 1.54) is 96.9 Å². The molecule has 0 heterocycles. The molecule has 0 saturated heterocycles. The van der Waals surface area contributed by atoms with E-state index >= 15 is 0 Å². The Bertz CT molecular complexity index is 759. The molecule has 0 aromatic carbocycles. The molecule has 3 amide bonds. The van der Waals surface area contributed by atoms with Gasteiger partial charge in [0.15, 0.2) is 0 Å². The second-order valence-electron chi connectivity index (χ2n) is 12.3. The van der Waals surface area contributed by atoms with Crippen molar-refractivity contribution in [3.05, 3.63) is 0 Å². The van der Waals surface area contributed by atoms with Crippen LogP contribution in [0.4, 0.5) is 9.59 Å². The van der Waals surface area contributed by atoms with Crippen LogP contribution in [0.5, 0.6) is 0 Å². The van der Waals surface area contributed by atoms with Crippen molar-refractivity contribution in [1.29, 1.82) is 0 Å². The van der Waals surface area contributed by atoms with Gasteiger partial charge in [0.05, 0.1) is 39.5 Å². The molecular weight excluding hydrogens is 542 g/mol. The molecule has 0 fully saturated rings. The van der Waals surface area contributed by atoms with Crippen LogP contribution in [0.2, 0.25) is 0 Å². The highest BCUT2D eigenvalue weighted by Gasteiger charge is 2.19. The van der Waals surface area contributed by atoms with Crippen LogP contribution in [0, 0.1) is 0 Å². The zero-order valence-corrected chi connectivity index (χ0v) is 27.8. The maximum Gasteiger partial charge on any atom is 0.407 e. The molecule has 0 spiro atoms. The molecule has 0 bridgehead atoms. The number of amides is 3. The van der Waals surface area contributed by atoms with Crippen molar-refractivity contribution in [1.82, 2.24) is 20.7 Å². The SMILES string of the molecule is CCCCCCCCCCCCCCCCCCNC(=O)OCC(CNS(=O)(=O)CCC[N+](C)(C)C)NC(=O)NC. The third-order valence-corrected chi connectivity index (χ3v) is 8.50. The summed E-state index contributed by atoms with van der Waals surface area (Å²) in [4.78, 5) is 23.9. The number of ether oxygens (including phenoxy) is 1. The topological polar surface area (TPSA) is 126 Å². The largest absolute Gasteiger partial charge is 0.447 e. The number of urea groups is 1. The molecule has 0 aromatic heterocycles. The molecule has 41 heavy (non-hydrogen) atoms. The summed E-state index contributed by atoms with van der Waals surface area (Å²) in [6.45, 7) is 3.32. The van der Waals surface area contributed by atoms with Gasteiger partial charge in [-0.1, -0.05) is 103 Å². The van der Waals surface area contributed by atoms with Crippen LogP contribution in [-0.4, -0.2) is 91.3 Å². The summed E-state index contributed by atoms with van der Waals surface area (Å²) in [5, 5.41) is 7.79. The van der Waals surface area contributed by atoms with Gasteiger partial charge in [0.25, 0.3) is 0 Å². The highest BCUT2D eigenvalue weighted by Crippen LogP contribution is 2.13. The van der Waals surface area contributed by atoms with Crippen molar-refractivity contribution in [3.63, 3.8) is 0 Å². The molecular formula is C30H64N5O5S+. The van der Waals surface area contributed by atoms with Gasteiger partial charge in [-0.05, 0) is 6.42 Å². The Morgan fingerprint density at radius 2 is 1.24 bits per heavy atom. The smallest absolute Gasteiger partial charge is 0.407 e. The molecule has 11 heteroatoms. The molecule has 0 saturated carbocycles. The van der Waals surface area contributed by atoms with E-state index in [4.69, 9.17) is 4.74 Å². The Morgan fingerprint density at radius 3 is 1.71 bits per heavy atom. The van der Waals surface area contributed by atoms with E-state index in [0.717, 1.165) is 19.4 Å². The van der Waals surface area contributed by atoms with E-state index in [1.807, 2.05) is 21.1 Å². The van der Waals surface area contributed by atoms with Crippen LogP contribution in [0.1, 0.15) is 116 Å². The molecule has 0 aliphatic heterocycles. The molecule has 0 aliphatic carbocycles. The highest BCUT2D eigenvalue weighted by atomic mass is 32.2. The van der Waals surface area contributed by atoms with E-state index in [9.17, 15) is 18.0 Å². The first-order valence-corrected chi connectivity index (χ1v) is 17.8. The second kappa shape index (κ2) is 25.0. The number of nitrogens with zero attached hydrogens (tertiary/aromatic N) is 1. The normalized spacial score (nSPS) is 12.6. The number of alkyl carbamates (subject to hydrolysis) is 1. The van der Waals surface area contributed by atoms with E-state index in [0.29, 0.717) is 17.4 Å². The van der Waals surface area contributed by atoms with Gasteiger partial charge in [0, 0.05) is 26.6 Å². The highest BCUT2D eigenvalue weighted by molar-refractivity contribution is 7.89. The number of rotatable bonds is 27. The lowest BCUT2D eigenvalue weighted by molar-refractivity contribution is -0.870. The number of unbranched alkanes of at least 4 members (excludes halogenated alkanes) is 15. The van der Waals surface area contributed by atoms with Gasteiger partial charge in [-0.3, -0.25) is 0 Å². The van der Waals surface area contributed by atoms with Crippen LogP contribution in [-0.2, 0) is 14.8 Å². The summed E-state index contributed by atoms with van der Waals surface area (Å²) in [5.74, 6) is -0.00410. The van der Waals surface area contributed by atoms with E-state index in [-0.39, 0.29) is 18.9 Å². The van der Waals surface area contributed by atoms with Crippen molar-refractivity contribution in [2.24, 2.45) is 0 Å². The first-order valence-electron chi connectivity index (χ1n) is 16.2.